The SMILES string of the molecule is CC(Oc1cccc(Br)c1)C(=O)NNC(=O)c1ccn(-c2ccccc2)n1. The molecule has 0 aliphatic carbocycles. The van der Waals surface area contributed by atoms with Crippen molar-refractivity contribution in [3.8, 4) is 11.4 Å². The van der Waals surface area contributed by atoms with Crippen LogP contribution in [0.5, 0.6) is 5.75 Å². The summed E-state index contributed by atoms with van der Waals surface area (Å²) in [5.41, 5.74) is 5.69. The molecule has 2 aromatic carbocycles. The number of hydrazine groups is 1. The van der Waals surface area contributed by atoms with Crippen LogP contribution in [0.25, 0.3) is 5.69 Å². The van der Waals surface area contributed by atoms with Crippen LogP contribution in [0.3, 0.4) is 0 Å². The molecule has 3 aromatic rings. The number of halogens is 1. The summed E-state index contributed by atoms with van der Waals surface area (Å²) >= 11 is 3.34. The highest BCUT2D eigenvalue weighted by molar-refractivity contribution is 9.10. The Morgan fingerprint density at radius 3 is 2.59 bits per heavy atom. The Hall–Kier alpha value is -3.13. The molecule has 0 bridgehead atoms. The van der Waals surface area contributed by atoms with Gasteiger partial charge in [-0.05, 0) is 43.3 Å². The van der Waals surface area contributed by atoms with Gasteiger partial charge >= 0.3 is 0 Å². The third kappa shape index (κ3) is 4.95. The Morgan fingerprint density at radius 2 is 1.85 bits per heavy atom. The van der Waals surface area contributed by atoms with Gasteiger partial charge in [0.05, 0.1) is 5.69 Å². The molecule has 1 heterocycles. The molecule has 2 N–H and O–H groups in total. The van der Waals surface area contributed by atoms with Crippen molar-refractivity contribution in [2.75, 3.05) is 0 Å². The molecule has 0 radical (unpaired) electrons. The second-order valence-electron chi connectivity index (χ2n) is 5.64. The first kappa shape index (κ1) is 18.7. The maximum absolute atomic E-state index is 12.2. The first-order valence-electron chi connectivity index (χ1n) is 8.16. The maximum Gasteiger partial charge on any atom is 0.290 e. The van der Waals surface area contributed by atoms with Crippen LogP contribution in [0.1, 0.15) is 17.4 Å². The molecule has 7 nitrogen and oxygen atoms in total. The fraction of sp³-hybridized carbons (Fsp3) is 0.105. The first-order valence-corrected chi connectivity index (χ1v) is 8.96. The highest BCUT2D eigenvalue weighted by Gasteiger charge is 2.17. The number of para-hydroxylation sites is 1. The Kier molecular flexibility index (Phi) is 5.87. The summed E-state index contributed by atoms with van der Waals surface area (Å²) in [7, 11) is 0. The summed E-state index contributed by atoms with van der Waals surface area (Å²) in [5.74, 6) is -0.460. The molecule has 3 rings (SSSR count). The van der Waals surface area contributed by atoms with E-state index in [0.29, 0.717) is 5.75 Å². The molecule has 0 spiro atoms. The lowest BCUT2D eigenvalue weighted by molar-refractivity contribution is -0.128. The first-order chi connectivity index (χ1) is 13.0. The lowest BCUT2D eigenvalue weighted by Crippen LogP contribution is -2.47. The predicted molar refractivity (Wildman–Crippen MR) is 103 cm³/mol. The summed E-state index contributed by atoms with van der Waals surface area (Å²) in [6.07, 6.45) is 0.881. The lowest BCUT2D eigenvalue weighted by Gasteiger charge is -2.15. The number of nitrogens with zero attached hydrogens (tertiary/aromatic N) is 2. The zero-order valence-electron chi connectivity index (χ0n) is 14.4. The standard InChI is InChI=1S/C19H17BrN4O3/c1-13(27-16-9-5-6-14(20)12-16)18(25)21-22-19(26)17-10-11-24(23-17)15-7-3-2-4-8-15/h2-13H,1H3,(H,21,25)(H,22,26). The number of benzene rings is 2. The third-order valence-corrected chi connectivity index (χ3v) is 4.11. The number of hydrogen-bond donors (Lipinski definition) is 2. The molecule has 2 amide bonds. The number of amides is 2. The van der Waals surface area contributed by atoms with Gasteiger partial charge < -0.3 is 4.74 Å². The molecular weight excluding hydrogens is 412 g/mol. The van der Waals surface area contributed by atoms with Gasteiger partial charge in [-0.25, -0.2) is 4.68 Å². The summed E-state index contributed by atoms with van der Waals surface area (Å²) in [4.78, 5) is 24.3. The molecule has 8 heteroatoms. The van der Waals surface area contributed by atoms with Crippen LogP contribution in [-0.4, -0.2) is 27.7 Å². The monoisotopic (exact) mass is 428 g/mol. The molecule has 0 saturated heterocycles. The van der Waals surface area contributed by atoms with E-state index in [9.17, 15) is 9.59 Å². The van der Waals surface area contributed by atoms with E-state index in [1.807, 2.05) is 36.4 Å². The number of nitrogens with one attached hydrogen (secondary N) is 2. The Bertz CT molecular complexity index is 943. The number of carbonyl (C=O) groups is 2. The second-order valence-corrected chi connectivity index (χ2v) is 6.56. The average molecular weight is 429 g/mol. The van der Waals surface area contributed by atoms with Crippen LogP contribution in [0, 0.1) is 0 Å². The number of carbonyl (C=O) groups excluding carboxylic acids is 2. The minimum absolute atomic E-state index is 0.180. The predicted octanol–water partition coefficient (Wildman–Crippen LogP) is 2.86. The number of hydrogen-bond acceptors (Lipinski definition) is 4. The van der Waals surface area contributed by atoms with Gasteiger partial charge in [0.25, 0.3) is 11.8 Å². The Labute approximate surface area is 164 Å². The summed E-state index contributed by atoms with van der Waals surface area (Å²) in [5, 5.41) is 4.20. The fourth-order valence-electron chi connectivity index (χ4n) is 2.25. The molecule has 0 saturated carbocycles. The van der Waals surface area contributed by atoms with Crippen molar-refractivity contribution in [2.45, 2.75) is 13.0 Å². The Morgan fingerprint density at radius 1 is 1.07 bits per heavy atom. The number of ether oxygens (including phenoxy) is 1. The van der Waals surface area contributed by atoms with Crippen molar-refractivity contribution in [2.24, 2.45) is 0 Å². The van der Waals surface area contributed by atoms with Crippen LogP contribution >= 0.6 is 15.9 Å². The van der Waals surface area contributed by atoms with Gasteiger partial charge in [0, 0.05) is 10.7 Å². The van der Waals surface area contributed by atoms with Gasteiger partial charge in [-0.2, -0.15) is 5.10 Å². The van der Waals surface area contributed by atoms with Crippen molar-refractivity contribution < 1.29 is 14.3 Å². The van der Waals surface area contributed by atoms with Crippen LogP contribution in [-0.2, 0) is 4.79 Å². The van der Waals surface area contributed by atoms with E-state index in [1.54, 1.807) is 42.1 Å². The number of aromatic nitrogens is 2. The van der Waals surface area contributed by atoms with E-state index in [2.05, 4.69) is 31.9 Å². The zero-order chi connectivity index (χ0) is 19.2. The molecule has 27 heavy (non-hydrogen) atoms. The van der Waals surface area contributed by atoms with Gasteiger partial charge in [-0.1, -0.05) is 40.2 Å². The number of rotatable bonds is 5. The fourth-order valence-corrected chi connectivity index (χ4v) is 2.63. The van der Waals surface area contributed by atoms with Crippen molar-refractivity contribution in [1.82, 2.24) is 20.6 Å². The highest BCUT2D eigenvalue weighted by Crippen LogP contribution is 2.18. The second kappa shape index (κ2) is 8.50. The minimum atomic E-state index is -0.790. The van der Waals surface area contributed by atoms with E-state index in [1.165, 1.54) is 0 Å². The van der Waals surface area contributed by atoms with Crippen molar-refractivity contribution >= 4 is 27.7 Å². The van der Waals surface area contributed by atoms with E-state index >= 15 is 0 Å². The van der Waals surface area contributed by atoms with Gasteiger partial charge in [0.15, 0.2) is 11.8 Å². The summed E-state index contributed by atoms with van der Waals surface area (Å²) in [6.45, 7) is 1.59. The molecular formula is C19H17BrN4O3. The van der Waals surface area contributed by atoms with E-state index < -0.39 is 17.9 Å². The molecule has 1 atom stereocenters. The summed E-state index contributed by atoms with van der Waals surface area (Å²) in [6, 6.07) is 18.1. The molecule has 0 aliphatic heterocycles. The molecule has 138 valence electrons. The largest absolute Gasteiger partial charge is 0.481 e. The lowest BCUT2D eigenvalue weighted by atomic mass is 10.3. The van der Waals surface area contributed by atoms with Crippen molar-refractivity contribution in [3.63, 3.8) is 0 Å². The third-order valence-electron chi connectivity index (χ3n) is 3.62. The van der Waals surface area contributed by atoms with Crippen molar-refractivity contribution in [3.05, 3.63) is 77.0 Å². The van der Waals surface area contributed by atoms with E-state index in [0.717, 1.165) is 10.2 Å². The Balaban J connectivity index is 1.54. The molecule has 1 aromatic heterocycles. The van der Waals surface area contributed by atoms with Gasteiger partial charge in [0.1, 0.15) is 5.75 Å². The van der Waals surface area contributed by atoms with E-state index in [4.69, 9.17) is 4.74 Å². The normalized spacial score (nSPS) is 11.5. The average Bonchev–Trinajstić information content (AvgIpc) is 3.17. The molecule has 1 unspecified atom stereocenters. The summed E-state index contributed by atoms with van der Waals surface area (Å²) < 4.78 is 7.97. The van der Waals surface area contributed by atoms with Crippen LogP contribution < -0.4 is 15.6 Å². The van der Waals surface area contributed by atoms with Crippen LogP contribution in [0.2, 0.25) is 0 Å². The smallest absolute Gasteiger partial charge is 0.290 e. The highest BCUT2D eigenvalue weighted by atomic mass is 79.9. The van der Waals surface area contributed by atoms with Gasteiger partial charge in [-0.3, -0.25) is 20.4 Å². The maximum atomic E-state index is 12.2. The van der Waals surface area contributed by atoms with Crippen LogP contribution in [0.15, 0.2) is 71.3 Å². The van der Waals surface area contributed by atoms with E-state index in [-0.39, 0.29) is 5.69 Å². The van der Waals surface area contributed by atoms with Crippen LogP contribution in [0.4, 0.5) is 0 Å². The molecule has 0 fully saturated rings. The van der Waals surface area contributed by atoms with Gasteiger partial charge in [0.2, 0.25) is 0 Å². The topological polar surface area (TPSA) is 85.3 Å². The molecule has 0 aliphatic rings. The van der Waals surface area contributed by atoms with Crippen molar-refractivity contribution in [1.29, 1.82) is 0 Å². The quantitative estimate of drug-likeness (QED) is 0.611. The van der Waals surface area contributed by atoms with Gasteiger partial charge in [-0.15, -0.1) is 0 Å². The minimum Gasteiger partial charge on any atom is -0.481 e. The zero-order valence-corrected chi connectivity index (χ0v) is 16.0.